The number of hydrogen-bond donors (Lipinski definition) is 0. The molecule has 3 heterocycles. The molecule has 4 nitrogen and oxygen atoms in total. The van der Waals surface area contributed by atoms with Crippen LogP contribution in [0, 0.1) is 0 Å². The fraction of sp³-hybridized carbons (Fsp3) is 0.0909. The Morgan fingerprint density at radius 3 is 1.59 bits per heavy atom. The molecule has 0 saturated carbocycles. The van der Waals surface area contributed by atoms with Crippen LogP contribution in [0.2, 0.25) is 0 Å². The van der Waals surface area contributed by atoms with E-state index >= 15 is 0 Å². The number of para-hydroxylation sites is 3. The molecule has 14 rings (SSSR count). The third kappa shape index (κ3) is 5.89. The number of anilines is 3. The predicted molar refractivity (Wildman–Crippen MR) is 296 cm³/mol. The zero-order chi connectivity index (χ0) is 46.7. The zero-order valence-corrected chi connectivity index (χ0v) is 39.6. The normalized spacial score (nSPS) is 13.0. The molecule has 4 heteroatoms. The summed E-state index contributed by atoms with van der Waals surface area (Å²) in [6.07, 6.45) is 1.06. The van der Waals surface area contributed by atoms with Crippen LogP contribution in [0.15, 0.2) is 224 Å². The molecular formula is C66H50N4. The van der Waals surface area contributed by atoms with E-state index in [9.17, 15) is 0 Å². The summed E-state index contributed by atoms with van der Waals surface area (Å²) in [4.78, 5) is 2.49. The minimum absolute atomic E-state index is 0.211. The van der Waals surface area contributed by atoms with Gasteiger partial charge in [0.1, 0.15) is 0 Å². The molecule has 0 fully saturated rings. The molecule has 0 aliphatic heterocycles. The van der Waals surface area contributed by atoms with Crippen LogP contribution in [0.3, 0.4) is 0 Å². The minimum Gasteiger partial charge on any atom is -0.340 e. The molecule has 10 aromatic carbocycles. The largest absolute Gasteiger partial charge is 0.340 e. The van der Waals surface area contributed by atoms with Crippen LogP contribution in [0.4, 0.5) is 17.1 Å². The number of aromatic nitrogens is 3. The quantitative estimate of drug-likeness (QED) is 0.149. The van der Waals surface area contributed by atoms with Gasteiger partial charge < -0.3 is 18.6 Å². The number of benzene rings is 10. The number of aryl methyl sites for hydroxylation is 1. The van der Waals surface area contributed by atoms with Crippen molar-refractivity contribution in [2.24, 2.45) is 0 Å². The first-order chi connectivity index (χ1) is 34.5. The minimum atomic E-state index is -0.211. The second kappa shape index (κ2) is 15.5. The molecular weight excluding hydrogens is 849 g/mol. The van der Waals surface area contributed by atoms with Crippen molar-refractivity contribution in [3.05, 3.63) is 236 Å². The highest BCUT2D eigenvalue weighted by Crippen LogP contribution is 2.53. The van der Waals surface area contributed by atoms with Crippen molar-refractivity contribution < 1.29 is 0 Å². The van der Waals surface area contributed by atoms with Crippen LogP contribution >= 0.6 is 0 Å². The first-order valence-electron chi connectivity index (χ1n) is 24.7. The van der Waals surface area contributed by atoms with E-state index in [4.69, 9.17) is 0 Å². The molecule has 0 atom stereocenters. The Morgan fingerprint density at radius 1 is 0.386 bits per heavy atom. The third-order valence-corrected chi connectivity index (χ3v) is 15.3. The highest BCUT2D eigenvalue weighted by molar-refractivity contribution is 6.16. The summed E-state index contributed by atoms with van der Waals surface area (Å²) in [6, 6.07) is 83.4. The Morgan fingerprint density at radius 2 is 0.886 bits per heavy atom. The second-order valence-electron chi connectivity index (χ2n) is 19.6. The molecule has 0 radical (unpaired) electrons. The highest BCUT2D eigenvalue weighted by atomic mass is 15.1. The van der Waals surface area contributed by atoms with Gasteiger partial charge in [0, 0.05) is 83.7 Å². The molecule has 334 valence electrons. The van der Waals surface area contributed by atoms with Gasteiger partial charge in [-0.3, -0.25) is 0 Å². The van der Waals surface area contributed by atoms with Gasteiger partial charge in [0.2, 0.25) is 0 Å². The topological polar surface area (TPSA) is 18.0 Å². The van der Waals surface area contributed by atoms with Crippen LogP contribution in [0.5, 0.6) is 0 Å². The van der Waals surface area contributed by atoms with E-state index in [1.807, 2.05) is 0 Å². The van der Waals surface area contributed by atoms with Crippen molar-refractivity contribution in [3.8, 4) is 33.6 Å². The smallest absolute Gasteiger partial charge is 0.0588 e. The van der Waals surface area contributed by atoms with Crippen molar-refractivity contribution >= 4 is 82.5 Å². The van der Waals surface area contributed by atoms with E-state index in [-0.39, 0.29) is 5.41 Å². The van der Waals surface area contributed by atoms with Crippen molar-refractivity contribution in [1.29, 1.82) is 0 Å². The molecule has 0 spiro atoms. The van der Waals surface area contributed by atoms with E-state index in [2.05, 4.69) is 264 Å². The third-order valence-electron chi connectivity index (χ3n) is 15.3. The summed E-state index contributed by atoms with van der Waals surface area (Å²) >= 11 is 0. The summed E-state index contributed by atoms with van der Waals surface area (Å²) in [5.74, 6) is 0. The number of nitrogens with zero attached hydrogens (tertiary/aromatic N) is 4. The van der Waals surface area contributed by atoms with Gasteiger partial charge >= 0.3 is 0 Å². The van der Waals surface area contributed by atoms with Gasteiger partial charge in [-0.1, -0.05) is 154 Å². The Labute approximate surface area is 407 Å². The Balaban J connectivity index is 1.04. The fourth-order valence-electron chi connectivity index (χ4n) is 12.2. The molecule has 0 unspecified atom stereocenters. The average molecular weight is 899 g/mol. The van der Waals surface area contributed by atoms with Gasteiger partial charge in [-0.2, -0.15) is 0 Å². The molecule has 3 aromatic heterocycles. The summed E-state index contributed by atoms with van der Waals surface area (Å²) in [5.41, 5.74) is 20.6. The zero-order valence-electron chi connectivity index (χ0n) is 39.6. The highest BCUT2D eigenvalue weighted by Gasteiger charge is 2.38. The Kier molecular flexibility index (Phi) is 8.94. The first kappa shape index (κ1) is 40.5. The molecule has 0 saturated heterocycles. The maximum atomic E-state index is 2.54. The lowest BCUT2D eigenvalue weighted by Crippen LogP contribution is -2.16. The maximum absolute atomic E-state index is 2.54. The standard InChI is InChI=1S/C66H50N4/c1-4-39-67-59-25-15-12-22-51(59)55-40-47(31-36-60(55)67)68(48-32-37-62-56(41-48)52-23-13-16-26-61(52)69(62)45-19-9-6-10-20-45)49-33-38-63-57(42-49)54-35-34-53-50-21-11-14-24-58(50)66(2,3)64(53)65(54)70(63)46-29-27-44(28-30-46)43-17-7-5-8-18-43/h5-38,40-42H,4,39H2,1-3H3. The second-order valence-corrected chi connectivity index (χ2v) is 19.6. The lowest BCUT2D eigenvalue weighted by atomic mass is 9.81. The molecule has 13 aromatic rings. The van der Waals surface area contributed by atoms with Crippen LogP contribution in [-0.4, -0.2) is 13.7 Å². The Bertz CT molecular complexity index is 4210. The molecule has 0 bridgehead atoms. The van der Waals surface area contributed by atoms with Gasteiger partial charge in [0.05, 0.1) is 22.1 Å². The molecule has 1 aliphatic rings. The SMILES string of the molecule is CCCn1c2ccccc2c2cc(N(c3ccc4c(c3)c3ccccc3n4-c3ccccc3)c3ccc4c(c3)c3ccc5c(c3n4-c3ccc(-c4ccccc4)cc3)C(C)(C)c3ccccc3-5)ccc21. The lowest BCUT2D eigenvalue weighted by molar-refractivity contribution is 0.664. The van der Waals surface area contributed by atoms with Gasteiger partial charge in [0.25, 0.3) is 0 Å². The van der Waals surface area contributed by atoms with Gasteiger partial charge in [-0.05, 0) is 131 Å². The molecule has 0 N–H and O–H groups in total. The van der Waals surface area contributed by atoms with Gasteiger partial charge in [-0.25, -0.2) is 0 Å². The monoisotopic (exact) mass is 898 g/mol. The van der Waals surface area contributed by atoms with Crippen LogP contribution in [0.1, 0.15) is 38.3 Å². The van der Waals surface area contributed by atoms with Crippen LogP contribution in [0.25, 0.3) is 99.0 Å². The van der Waals surface area contributed by atoms with Crippen LogP contribution < -0.4 is 4.90 Å². The lowest BCUT2D eigenvalue weighted by Gasteiger charge is -2.26. The van der Waals surface area contributed by atoms with E-state index < -0.39 is 0 Å². The first-order valence-corrected chi connectivity index (χ1v) is 24.7. The summed E-state index contributed by atoms with van der Waals surface area (Å²) < 4.78 is 7.44. The summed E-state index contributed by atoms with van der Waals surface area (Å²) in [6.45, 7) is 8.05. The molecule has 0 amide bonds. The van der Waals surface area contributed by atoms with E-state index in [1.165, 1.54) is 98.8 Å². The van der Waals surface area contributed by atoms with E-state index in [0.717, 1.165) is 41.4 Å². The summed E-state index contributed by atoms with van der Waals surface area (Å²) in [5, 5.41) is 7.47. The van der Waals surface area contributed by atoms with Crippen molar-refractivity contribution in [3.63, 3.8) is 0 Å². The van der Waals surface area contributed by atoms with Crippen molar-refractivity contribution in [2.75, 3.05) is 4.90 Å². The number of hydrogen-bond acceptors (Lipinski definition) is 1. The van der Waals surface area contributed by atoms with Crippen molar-refractivity contribution in [1.82, 2.24) is 13.7 Å². The molecule has 70 heavy (non-hydrogen) atoms. The van der Waals surface area contributed by atoms with Crippen LogP contribution in [-0.2, 0) is 12.0 Å². The fourth-order valence-corrected chi connectivity index (χ4v) is 12.2. The number of fused-ring (bicyclic) bond motifs is 13. The summed E-state index contributed by atoms with van der Waals surface area (Å²) in [7, 11) is 0. The average Bonchev–Trinajstić information content (AvgIpc) is 4.10. The van der Waals surface area contributed by atoms with E-state index in [0.29, 0.717) is 0 Å². The predicted octanol–water partition coefficient (Wildman–Crippen LogP) is 17.8. The van der Waals surface area contributed by atoms with Crippen molar-refractivity contribution in [2.45, 2.75) is 39.2 Å². The Hall–Kier alpha value is -8.60. The number of rotatable bonds is 8. The van der Waals surface area contributed by atoms with E-state index in [1.54, 1.807) is 0 Å². The maximum Gasteiger partial charge on any atom is 0.0588 e. The van der Waals surface area contributed by atoms with Gasteiger partial charge in [0.15, 0.2) is 0 Å². The van der Waals surface area contributed by atoms with Gasteiger partial charge in [-0.15, -0.1) is 0 Å². The molecule has 1 aliphatic carbocycles.